The van der Waals surface area contributed by atoms with Gasteiger partial charge in [-0.2, -0.15) is 0 Å². The highest BCUT2D eigenvalue weighted by molar-refractivity contribution is 6.30. The van der Waals surface area contributed by atoms with E-state index in [4.69, 9.17) is 11.6 Å². The molecule has 0 radical (unpaired) electrons. The molecule has 3 aromatic rings. The number of hydrogen-bond donors (Lipinski definition) is 2. The van der Waals surface area contributed by atoms with Crippen molar-refractivity contribution in [3.05, 3.63) is 94.5 Å². The number of hydrogen-bond acceptors (Lipinski definition) is 3. The van der Waals surface area contributed by atoms with Crippen LogP contribution in [-0.4, -0.2) is 10.9 Å². The van der Waals surface area contributed by atoms with E-state index < -0.39 is 0 Å². The fraction of sp³-hybridized carbons (Fsp3) is 0.100. The van der Waals surface area contributed by atoms with Crippen LogP contribution in [0.4, 0.5) is 10.1 Å². The van der Waals surface area contributed by atoms with E-state index in [-0.39, 0.29) is 11.7 Å². The molecule has 2 aromatic carbocycles. The number of nitrogens with zero attached hydrogens (tertiary/aromatic N) is 1. The van der Waals surface area contributed by atoms with Crippen molar-refractivity contribution in [2.75, 3.05) is 5.32 Å². The second kappa shape index (κ2) is 8.45. The van der Waals surface area contributed by atoms with Crippen molar-refractivity contribution in [2.24, 2.45) is 0 Å². The van der Waals surface area contributed by atoms with E-state index in [0.717, 1.165) is 5.56 Å². The highest BCUT2D eigenvalue weighted by Crippen LogP contribution is 2.12. The van der Waals surface area contributed by atoms with Crippen molar-refractivity contribution >= 4 is 23.2 Å². The molecule has 3 rings (SSSR count). The summed E-state index contributed by atoms with van der Waals surface area (Å²) in [5, 5.41) is 6.54. The number of benzene rings is 2. The van der Waals surface area contributed by atoms with Gasteiger partial charge in [0, 0.05) is 23.7 Å². The molecule has 6 heteroatoms. The molecule has 0 saturated carbocycles. The zero-order valence-electron chi connectivity index (χ0n) is 13.9. The Morgan fingerprint density at radius 1 is 1.00 bits per heavy atom. The third-order valence-corrected chi connectivity index (χ3v) is 4.06. The Morgan fingerprint density at radius 3 is 2.46 bits per heavy atom. The number of amides is 1. The summed E-state index contributed by atoms with van der Waals surface area (Å²) in [6, 6.07) is 17.2. The Balaban J connectivity index is 1.54. The van der Waals surface area contributed by atoms with Crippen LogP contribution in [0.5, 0.6) is 0 Å². The van der Waals surface area contributed by atoms with Gasteiger partial charge >= 0.3 is 0 Å². The lowest BCUT2D eigenvalue weighted by atomic mass is 10.2. The first-order chi connectivity index (χ1) is 12.6. The lowest BCUT2D eigenvalue weighted by molar-refractivity contribution is 0.0946. The number of pyridine rings is 1. The Kier molecular flexibility index (Phi) is 5.81. The maximum Gasteiger partial charge on any atom is 0.270 e. The van der Waals surface area contributed by atoms with E-state index in [1.54, 1.807) is 48.7 Å². The van der Waals surface area contributed by atoms with Crippen LogP contribution in [0, 0.1) is 5.82 Å². The Morgan fingerprint density at radius 2 is 1.77 bits per heavy atom. The van der Waals surface area contributed by atoms with E-state index >= 15 is 0 Å². The molecule has 132 valence electrons. The molecular formula is C20H17ClFN3O. The second-order valence-electron chi connectivity index (χ2n) is 5.69. The van der Waals surface area contributed by atoms with E-state index in [1.807, 2.05) is 12.1 Å². The summed E-state index contributed by atoms with van der Waals surface area (Å²) in [4.78, 5) is 16.3. The maximum absolute atomic E-state index is 13.6. The van der Waals surface area contributed by atoms with Gasteiger partial charge in [-0.25, -0.2) is 9.37 Å². The molecule has 1 heterocycles. The van der Waals surface area contributed by atoms with Gasteiger partial charge in [-0.1, -0.05) is 41.9 Å². The first-order valence-corrected chi connectivity index (χ1v) is 8.45. The number of carbonyl (C=O) groups is 1. The van der Waals surface area contributed by atoms with Gasteiger partial charge in [-0.15, -0.1) is 0 Å². The molecule has 0 bridgehead atoms. The van der Waals surface area contributed by atoms with Crippen LogP contribution in [0.15, 0.2) is 66.9 Å². The highest BCUT2D eigenvalue weighted by Gasteiger charge is 2.07. The highest BCUT2D eigenvalue weighted by atomic mass is 35.5. The van der Waals surface area contributed by atoms with Gasteiger partial charge in [-0.3, -0.25) is 4.79 Å². The van der Waals surface area contributed by atoms with E-state index in [2.05, 4.69) is 15.6 Å². The molecule has 0 spiro atoms. The summed E-state index contributed by atoms with van der Waals surface area (Å²) in [5.74, 6) is -0.522. The minimum atomic E-state index is -0.263. The molecule has 0 unspecified atom stereocenters. The van der Waals surface area contributed by atoms with Gasteiger partial charge < -0.3 is 10.6 Å². The van der Waals surface area contributed by atoms with Crippen molar-refractivity contribution in [3.8, 4) is 0 Å². The number of rotatable bonds is 6. The van der Waals surface area contributed by atoms with Gasteiger partial charge in [0.1, 0.15) is 11.5 Å². The smallest absolute Gasteiger partial charge is 0.270 e. The minimum absolute atomic E-state index is 0.258. The third kappa shape index (κ3) is 4.80. The van der Waals surface area contributed by atoms with Gasteiger partial charge in [-0.05, 0) is 35.9 Å². The van der Waals surface area contributed by atoms with Crippen molar-refractivity contribution in [2.45, 2.75) is 13.1 Å². The monoisotopic (exact) mass is 369 g/mol. The number of carbonyl (C=O) groups excluding carboxylic acids is 1. The van der Waals surface area contributed by atoms with Gasteiger partial charge in [0.15, 0.2) is 0 Å². The summed E-state index contributed by atoms with van der Waals surface area (Å²) < 4.78 is 13.6. The lowest BCUT2D eigenvalue weighted by Gasteiger charge is -2.08. The molecule has 1 amide bonds. The second-order valence-corrected chi connectivity index (χ2v) is 6.12. The fourth-order valence-electron chi connectivity index (χ4n) is 2.35. The molecule has 0 fully saturated rings. The molecule has 1 aromatic heterocycles. The minimum Gasteiger partial charge on any atom is -0.380 e. The summed E-state index contributed by atoms with van der Waals surface area (Å²) in [5.41, 5.74) is 2.54. The van der Waals surface area contributed by atoms with Crippen LogP contribution < -0.4 is 10.6 Å². The Labute approximate surface area is 156 Å². The number of aromatic nitrogens is 1. The van der Waals surface area contributed by atoms with E-state index in [9.17, 15) is 9.18 Å². The predicted molar refractivity (Wildman–Crippen MR) is 101 cm³/mol. The molecular weight excluding hydrogens is 353 g/mol. The van der Waals surface area contributed by atoms with Crippen LogP contribution in [0.25, 0.3) is 0 Å². The van der Waals surface area contributed by atoms with E-state index in [0.29, 0.717) is 35.1 Å². The van der Waals surface area contributed by atoms with Crippen molar-refractivity contribution in [1.82, 2.24) is 10.3 Å². The summed E-state index contributed by atoms with van der Waals surface area (Å²) in [6.45, 7) is 0.738. The van der Waals surface area contributed by atoms with E-state index in [1.165, 1.54) is 6.07 Å². The molecule has 0 aliphatic carbocycles. The van der Waals surface area contributed by atoms with Crippen molar-refractivity contribution in [3.63, 3.8) is 0 Å². The van der Waals surface area contributed by atoms with Crippen LogP contribution in [0.3, 0.4) is 0 Å². The molecule has 26 heavy (non-hydrogen) atoms. The molecule has 0 aliphatic heterocycles. The summed E-state index contributed by atoms with van der Waals surface area (Å²) in [7, 11) is 0. The quantitative estimate of drug-likeness (QED) is 0.676. The van der Waals surface area contributed by atoms with Crippen LogP contribution in [0.2, 0.25) is 5.02 Å². The van der Waals surface area contributed by atoms with Crippen LogP contribution >= 0.6 is 11.6 Å². The normalized spacial score (nSPS) is 10.4. The van der Waals surface area contributed by atoms with Crippen LogP contribution in [-0.2, 0) is 13.1 Å². The SMILES string of the molecule is O=C(NCc1ccc(Cl)cc1)c1ccc(NCc2ccccc2F)cn1. The topological polar surface area (TPSA) is 54.0 Å². The summed E-state index contributed by atoms with van der Waals surface area (Å²) >= 11 is 5.83. The zero-order valence-corrected chi connectivity index (χ0v) is 14.6. The molecule has 0 atom stereocenters. The molecule has 4 nitrogen and oxygen atoms in total. The van der Waals surface area contributed by atoms with Gasteiger partial charge in [0.2, 0.25) is 0 Å². The largest absolute Gasteiger partial charge is 0.380 e. The van der Waals surface area contributed by atoms with Crippen LogP contribution in [0.1, 0.15) is 21.6 Å². The molecule has 0 saturated heterocycles. The number of halogens is 2. The summed E-state index contributed by atoms with van der Waals surface area (Å²) in [6.07, 6.45) is 1.55. The molecule has 2 N–H and O–H groups in total. The number of anilines is 1. The lowest BCUT2D eigenvalue weighted by Crippen LogP contribution is -2.23. The number of nitrogens with one attached hydrogen (secondary N) is 2. The Bertz CT molecular complexity index is 882. The molecule has 0 aliphatic rings. The average molecular weight is 370 g/mol. The average Bonchev–Trinajstić information content (AvgIpc) is 2.67. The third-order valence-electron chi connectivity index (χ3n) is 3.80. The maximum atomic E-state index is 13.6. The first-order valence-electron chi connectivity index (χ1n) is 8.08. The standard InChI is InChI=1S/C20H17ClFN3O/c21-16-7-5-14(6-8-16)11-25-20(26)19-10-9-17(13-24-19)23-12-15-3-1-2-4-18(15)22/h1-10,13,23H,11-12H2,(H,25,26). The predicted octanol–water partition coefficient (Wildman–Crippen LogP) is 4.42. The van der Waals surface area contributed by atoms with Gasteiger partial charge in [0.25, 0.3) is 5.91 Å². The Hall–Kier alpha value is -2.92. The fourth-order valence-corrected chi connectivity index (χ4v) is 2.47. The first kappa shape index (κ1) is 17.9. The van der Waals surface area contributed by atoms with Gasteiger partial charge in [0.05, 0.1) is 11.9 Å². The van der Waals surface area contributed by atoms with Crippen molar-refractivity contribution < 1.29 is 9.18 Å². The zero-order chi connectivity index (χ0) is 18.4. The van der Waals surface area contributed by atoms with Crippen molar-refractivity contribution in [1.29, 1.82) is 0 Å².